The third kappa shape index (κ3) is 2.66. The Hall–Kier alpha value is -1.86. The molecule has 2 aromatic carbocycles. The fourth-order valence-corrected chi connectivity index (χ4v) is 3.38. The summed E-state index contributed by atoms with van der Waals surface area (Å²) in [5.41, 5.74) is 4.60. The Bertz CT molecular complexity index is 761. The van der Waals surface area contributed by atoms with Gasteiger partial charge in [-0.25, -0.2) is 0 Å². The van der Waals surface area contributed by atoms with Crippen LogP contribution in [0.4, 0.5) is 0 Å². The number of fused-ring (bicyclic) bond motifs is 1. The zero-order valence-electron chi connectivity index (χ0n) is 12.5. The zero-order chi connectivity index (χ0) is 15.4. The van der Waals surface area contributed by atoms with E-state index >= 15 is 0 Å². The molecular formula is C20H19Br. The molecule has 2 rings (SSSR count). The number of halogens is 1. The van der Waals surface area contributed by atoms with Crippen molar-refractivity contribution in [2.45, 2.75) is 13.8 Å². The average Bonchev–Trinajstić information content (AvgIpc) is 2.53. The molecule has 0 aromatic heterocycles. The van der Waals surface area contributed by atoms with Gasteiger partial charge in [0.05, 0.1) is 0 Å². The minimum absolute atomic E-state index is 1.07. The molecule has 0 heterocycles. The van der Waals surface area contributed by atoms with E-state index in [4.69, 9.17) is 0 Å². The van der Waals surface area contributed by atoms with E-state index in [1.54, 1.807) is 0 Å². The summed E-state index contributed by atoms with van der Waals surface area (Å²) >= 11 is 3.72. The predicted molar refractivity (Wildman–Crippen MR) is 100 cm³/mol. The lowest BCUT2D eigenvalue weighted by Gasteiger charge is -2.17. The van der Waals surface area contributed by atoms with Crippen molar-refractivity contribution < 1.29 is 0 Å². The summed E-state index contributed by atoms with van der Waals surface area (Å²) in [4.78, 5) is 0. The minimum atomic E-state index is 1.07. The van der Waals surface area contributed by atoms with Gasteiger partial charge in [0.15, 0.2) is 0 Å². The van der Waals surface area contributed by atoms with Gasteiger partial charge in [-0.2, -0.15) is 0 Å². The highest BCUT2D eigenvalue weighted by atomic mass is 79.9. The summed E-state index contributed by atoms with van der Waals surface area (Å²) in [5, 5.41) is 2.41. The smallest absolute Gasteiger partial charge is 0.0332 e. The third-order valence-electron chi connectivity index (χ3n) is 3.58. The van der Waals surface area contributed by atoms with Gasteiger partial charge >= 0.3 is 0 Å². The maximum Gasteiger partial charge on any atom is 0.0332 e. The number of benzene rings is 2. The molecular weight excluding hydrogens is 320 g/mol. The highest BCUT2D eigenvalue weighted by Crippen LogP contribution is 2.39. The van der Waals surface area contributed by atoms with E-state index in [2.05, 4.69) is 78.5 Å². The van der Waals surface area contributed by atoms with Crippen LogP contribution in [0.2, 0.25) is 0 Å². The second kappa shape index (κ2) is 6.73. The molecule has 0 spiro atoms. The highest BCUT2D eigenvalue weighted by Gasteiger charge is 2.15. The molecule has 1 heteroatoms. The monoisotopic (exact) mass is 338 g/mol. The lowest BCUT2D eigenvalue weighted by molar-refractivity contribution is 1.55. The van der Waals surface area contributed by atoms with Crippen LogP contribution in [0.1, 0.15) is 30.5 Å². The van der Waals surface area contributed by atoms with Gasteiger partial charge in [0, 0.05) is 4.47 Å². The molecule has 106 valence electrons. The average molecular weight is 339 g/mol. The first kappa shape index (κ1) is 15.5. The quantitative estimate of drug-likeness (QED) is 0.533. The summed E-state index contributed by atoms with van der Waals surface area (Å²) in [6.07, 6.45) is 10.1. The van der Waals surface area contributed by atoms with Crippen molar-refractivity contribution in [3.8, 4) is 0 Å². The van der Waals surface area contributed by atoms with Crippen LogP contribution in [0.15, 0.2) is 60.1 Å². The zero-order valence-corrected chi connectivity index (χ0v) is 14.1. The Labute approximate surface area is 135 Å². The van der Waals surface area contributed by atoms with Gasteiger partial charge in [-0.1, -0.05) is 67.8 Å². The molecule has 0 fully saturated rings. The van der Waals surface area contributed by atoms with E-state index in [1.807, 2.05) is 19.1 Å². The molecule has 0 amide bonds. The summed E-state index contributed by atoms with van der Waals surface area (Å²) in [7, 11) is 0. The molecule has 0 N–H and O–H groups in total. The first-order valence-corrected chi connectivity index (χ1v) is 7.77. The molecule has 0 saturated carbocycles. The van der Waals surface area contributed by atoms with Gasteiger partial charge in [0.2, 0.25) is 0 Å². The lowest BCUT2D eigenvalue weighted by Crippen LogP contribution is -1.95. The van der Waals surface area contributed by atoms with Gasteiger partial charge in [0.25, 0.3) is 0 Å². The van der Waals surface area contributed by atoms with Crippen LogP contribution in [0.25, 0.3) is 28.5 Å². The van der Waals surface area contributed by atoms with Gasteiger partial charge in [0.1, 0.15) is 0 Å². The summed E-state index contributed by atoms with van der Waals surface area (Å²) < 4.78 is 1.07. The Kier molecular flexibility index (Phi) is 4.98. The molecule has 0 atom stereocenters. The third-order valence-corrected chi connectivity index (χ3v) is 4.44. The van der Waals surface area contributed by atoms with E-state index in [0.29, 0.717) is 0 Å². The van der Waals surface area contributed by atoms with Crippen LogP contribution in [-0.2, 0) is 0 Å². The summed E-state index contributed by atoms with van der Waals surface area (Å²) in [5.74, 6) is 0. The Balaban J connectivity index is 3.06. The number of allylic oxidation sites excluding steroid dienone is 4. The Morgan fingerprint density at radius 3 is 2.14 bits per heavy atom. The molecule has 0 unspecified atom stereocenters. The van der Waals surface area contributed by atoms with Crippen molar-refractivity contribution in [1.82, 2.24) is 0 Å². The Morgan fingerprint density at radius 2 is 1.62 bits per heavy atom. The maximum atomic E-state index is 4.01. The van der Waals surface area contributed by atoms with Gasteiger partial charge < -0.3 is 0 Å². The number of hydrogen-bond donors (Lipinski definition) is 0. The lowest BCUT2D eigenvalue weighted by atomic mass is 9.89. The molecule has 0 radical (unpaired) electrons. The second-order valence-corrected chi connectivity index (χ2v) is 5.51. The van der Waals surface area contributed by atoms with Crippen LogP contribution in [-0.4, -0.2) is 0 Å². The van der Waals surface area contributed by atoms with E-state index in [-0.39, 0.29) is 0 Å². The van der Waals surface area contributed by atoms with Crippen LogP contribution < -0.4 is 0 Å². The molecule has 21 heavy (non-hydrogen) atoms. The van der Waals surface area contributed by atoms with Crippen molar-refractivity contribution in [2.75, 3.05) is 0 Å². The molecule has 0 saturated heterocycles. The first-order chi connectivity index (χ1) is 10.2. The summed E-state index contributed by atoms with van der Waals surface area (Å²) in [6, 6.07) is 8.41. The predicted octanol–water partition coefficient (Wildman–Crippen LogP) is 6.87. The van der Waals surface area contributed by atoms with E-state index in [1.165, 1.54) is 21.9 Å². The topological polar surface area (TPSA) is 0 Å². The van der Waals surface area contributed by atoms with E-state index in [9.17, 15) is 0 Å². The fraction of sp³-hybridized carbons (Fsp3) is 0.100. The Morgan fingerprint density at radius 1 is 1.00 bits per heavy atom. The fourth-order valence-electron chi connectivity index (χ4n) is 2.66. The normalized spacial score (nSPS) is 12.0. The van der Waals surface area contributed by atoms with Crippen molar-refractivity contribution in [3.63, 3.8) is 0 Å². The van der Waals surface area contributed by atoms with Gasteiger partial charge in [-0.3, -0.25) is 0 Å². The standard InChI is InChI=1S/C20H19Br/c1-5-11-14(6-2)19-15(7-3)16(8-4)20(21)18-13-10-9-12-17(18)19/h5-13H,3-4H2,1-2H3/b11-5-,14-6+. The van der Waals surface area contributed by atoms with Crippen molar-refractivity contribution in [2.24, 2.45) is 0 Å². The largest absolute Gasteiger partial charge is 0.0984 e. The van der Waals surface area contributed by atoms with Crippen molar-refractivity contribution >= 4 is 44.4 Å². The van der Waals surface area contributed by atoms with Crippen molar-refractivity contribution in [1.29, 1.82) is 0 Å². The van der Waals surface area contributed by atoms with Gasteiger partial charge in [-0.05, 0) is 62.8 Å². The number of rotatable bonds is 4. The van der Waals surface area contributed by atoms with E-state index in [0.717, 1.165) is 15.6 Å². The van der Waals surface area contributed by atoms with Crippen LogP contribution >= 0.6 is 15.9 Å². The first-order valence-electron chi connectivity index (χ1n) is 6.98. The van der Waals surface area contributed by atoms with E-state index < -0.39 is 0 Å². The molecule has 0 aliphatic rings. The molecule has 0 bridgehead atoms. The molecule has 0 nitrogen and oxygen atoms in total. The molecule has 2 aromatic rings. The molecule has 0 aliphatic heterocycles. The van der Waals surface area contributed by atoms with Crippen LogP contribution in [0.3, 0.4) is 0 Å². The van der Waals surface area contributed by atoms with Gasteiger partial charge in [-0.15, -0.1) is 0 Å². The molecule has 0 aliphatic carbocycles. The minimum Gasteiger partial charge on any atom is -0.0984 e. The highest BCUT2D eigenvalue weighted by molar-refractivity contribution is 9.10. The SMILES string of the molecule is C=Cc1c(C=C)c(C(/C=C\C)=C/C)c2ccccc2c1Br. The van der Waals surface area contributed by atoms with Crippen molar-refractivity contribution in [3.05, 3.63) is 76.8 Å². The maximum absolute atomic E-state index is 4.01. The second-order valence-electron chi connectivity index (χ2n) is 4.71. The number of hydrogen-bond acceptors (Lipinski definition) is 0. The summed E-state index contributed by atoms with van der Waals surface area (Å²) in [6.45, 7) is 12.1. The van der Waals surface area contributed by atoms with Crippen LogP contribution in [0.5, 0.6) is 0 Å². The van der Waals surface area contributed by atoms with Crippen LogP contribution in [0, 0.1) is 0 Å².